The van der Waals surface area contributed by atoms with Crippen molar-refractivity contribution in [2.75, 3.05) is 7.05 Å². The van der Waals surface area contributed by atoms with Crippen LogP contribution >= 0.6 is 0 Å². The van der Waals surface area contributed by atoms with Gasteiger partial charge in [-0.3, -0.25) is 0 Å². The molecule has 0 aliphatic heterocycles. The Morgan fingerprint density at radius 1 is 0.857 bits per heavy atom. The molecule has 0 aromatic heterocycles. The maximum absolute atomic E-state index is 3.88. The fourth-order valence-corrected chi connectivity index (χ4v) is 9.37. The molecule has 0 amide bonds. The molecule has 0 aliphatic rings. The number of hydrogen-bond acceptors (Lipinski definition) is 1. The zero-order valence-corrected chi connectivity index (χ0v) is 17.4. The van der Waals surface area contributed by atoms with E-state index < -0.39 is 8.07 Å². The molecular weight excluding hydrogens is 270 g/mol. The molecular formula is C19H39NSi. The molecule has 124 valence electrons. The molecule has 0 rings (SSSR count). The van der Waals surface area contributed by atoms with E-state index in [-0.39, 0.29) is 11.0 Å². The fraction of sp³-hybridized carbons (Fsp3) is 0.895. The molecule has 0 saturated carbocycles. The highest BCUT2D eigenvalue weighted by molar-refractivity contribution is 6.90. The maximum Gasteiger partial charge on any atom is 0.145 e. The number of hydrogen-bond donors (Lipinski definition) is 1. The molecule has 0 unspecified atom stereocenters. The summed E-state index contributed by atoms with van der Waals surface area (Å²) in [5.74, 6) is 3.71. The van der Waals surface area contributed by atoms with Gasteiger partial charge >= 0.3 is 0 Å². The van der Waals surface area contributed by atoms with E-state index >= 15 is 0 Å². The maximum atomic E-state index is 3.88. The highest BCUT2D eigenvalue weighted by atomic mass is 28.3. The van der Waals surface area contributed by atoms with Gasteiger partial charge < -0.3 is 5.32 Å². The average molecular weight is 310 g/mol. The minimum atomic E-state index is -1.60. The van der Waals surface area contributed by atoms with E-state index in [1.165, 1.54) is 0 Å². The van der Waals surface area contributed by atoms with Gasteiger partial charge in [-0.15, -0.1) is 11.5 Å². The van der Waals surface area contributed by atoms with Crippen LogP contribution < -0.4 is 5.32 Å². The van der Waals surface area contributed by atoms with Crippen LogP contribution in [0.25, 0.3) is 0 Å². The van der Waals surface area contributed by atoms with Gasteiger partial charge in [-0.1, -0.05) is 41.5 Å². The van der Waals surface area contributed by atoms with Gasteiger partial charge in [0.15, 0.2) is 0 Å². The van der Waals surface area contributed by atoms with Crippen molar-refractivity contribution in [3.8, 4) is 11.5 Å². The van der Waals surface area contributed by atoms with E-state index in [2.05, 4.69) is 86.0 Å². The van der Waals surface area contributed by atoms with Gasteiger partial charge in [0.05, 0.1) is 0 Å². The minimum absolute atomic E-state index is 0.0590. The van der Waals surface area contributed by atoms with Crippen molar-refractivity contribution < 1.29 is 0 Å². The summed E-state index contributed by atoms with van der Waals surface area (Å²) < 4.78 is 0. The first-order valence-electron chi connectivity index (χ1n) is 8.54. The van der Waals surface area contributed by atoms with Gasteiger partial charge in [-0.05, 0) is 57.8 Å². The summed E-state index contributed by atoms with van der Waals surface area (Å²) in [5.41, 5.74) is 6.19. The first kappa shape index (κ1) is 20.7. The van der Waals surface area contributed by atoms with E-state index in [9.17, 15) is 0 Å². The van der Waals surface area contributed by atoms with Crippen LogP contribution in [0.3, 0.4) is 0 Å². The predicted molar refractivity (Wildman–Crippen MR) is 100 cm³/mol. The molecule has 0 radical (unpaired) electrons. The lowest BCUT2D eigenvalue weighted by Gasteiger charge is -2.39. The van der Waals surface area contributed by atoms with Crippen molar-refractivity contribution >= 4 is 8.07 Å². The summed E-state index contributed by atoms with van der Waals surface area (Å²) in [7, 11) is 0.436. The van der Waals surface area contributed by atoms with Gasteiger partial charge in [-0.2, -0.15) is 0 Å². The van der Waals surface area contributed by atoms with E-state index in [4.69, 9.17) is 0 Å². The van der Waals surface area contributed by atoms with Crippen LogP contribution in [0.5, 0.6) is 0 Å². The molecule has 1 N–H and O–H groups in total. The molecule has 0 fully saturated rings. The number of rotatable bonds is 6. The molecule has 0 atom stereocenters. The van der Waals surface area contributed by atoms with E-state index in [0.29, 0.717) is 16.6 Å². The van der Waals surface area contributed by atoms with Gasteiger partial charge in [0.25, 0.3) is 0 Å². The Morgan fingerprint density at radius 2 is 1.24 bits per heavy atom. The second-order valence-corrected chi connectivity index (χ2v) is 14.4. The van der Waals surface area contributed by atoms with E-state index in [1.807, 2.05) is 7.05 Å². The Bertz CT molecular complexity index is 358. The summed E-state index contributed by atoms with van der Waals surface area (Å²) in [6, 6.07) is 0. The summed E-state index contributed by atoms with van der Waals surface area (Å²) in [6.45, 7) is 23.4. The molecule has 0 spiro atoms. The highest BCUT2D eigenvalue weighted by Crippen LogP contribution is 2.41. The highest BCUT2D eigenvalue weighted by Gasteiger charge is 2.42. The van der Waals surface area contributed by atoms with Crippen molar-refractivity contribution in [2.45, 2.75) is 97.8 Å². The largest absolute Gasteiger partial charge is 0.315 e. The Hall–Kier alpha value is -0.263. The molecule has 0 aliphatic carbocycles. The Kier molecular flexibility index (Phi) is 7.24. The second-order valence-electron chi connectivity index (χ2n) is 8.84. The molecule has 2 heteroatoms. The smallest absolute Gasteiger partial charge is 0.145 e. The van der Waals surface area contributed by atoms with Crippen molar-refractivity contribution in [1.82, 2.24) is 5.32 Å². The Balaban J connectivity index is 5.57. The molecule has 1 nitrogen and oxygen atoms in total. The second kappa shape index (κ2) is 7.33. The van der Waals surface area contributed by atoms with Crippen molar-refractivity contribution in [3.05, 3.63) is 0 Å². The van der Waals surface area contributed by atoms with Crippen LogP contribution in [0.1, 0.15) is 75.7 Å². The molecule has 0 aromatic carbocycles. The van der Waals surface area contributed by atoms with Crippen LogP contribution in [0.4, 0.5) is 0 Å². The van der Waals surface area contributed by atoms with Gasteiger partial charge in [-0.25, -0.2) is 0 Å². The van der Waals surface area contributed by atoms with E-state index in [1.54, 1.807) is 0 Å². The topological polar surface area (TPSA) is 12.0 Å². The van der Waals surface area contributed by atoms with Crippen LogP contribution in [0, 0.1) is 16.9 Å². The third-order valence-electron chi connectivity index (χ3n) is 5.04. The van der Waals surface area contributed by atoms with Crippen LogP contribution in [0.15, 0.2) is 0 Å². The summed E-state index contributed by atoms with van der Waals surface area (Å²) >= 11 is 0. The molecule has 21 heavy (non-hydrogen) atoms. The SMILES string of the molecule is CNC(C)(C)CC(C)(C)C#C[Si](C(C)C)(C(C)C)C(C)C. The van der Waals surface area contributed by atoms with Crippen LogP contribution in [-0.4, -0.2) is 20.7 Å². The number of nitrogens with one attached hydrogen (secondary N) is 1. The average Bonchev–Trinajstić information content (AvgIpc) is 2.26. The summed E-state index contributed by atoms with van der Waals surface area (Å²) in [4.78, 5) is 0. The fourth-order valence-electron chi connectivity index (χ4n) is 3.95. The zero-order valence-electron chi connectivity index (χ0n) is 16.4. The predicted octanol–water partition coefficient (Wildman–Crippen LogP) is 5.62. The van der Waals surface area contributed by atoms with Crippen LogP contribution in [-0.2, 0) is 0 Å². The monoisotopic (exact) mass is 309 g/mol. The minimum Gasteiger partial charge on any atom is -0.315 e. The molecule has 0 bridgehead atoms. The van der Waals surface area contributed by atoms with Gasteiger partial charge in [0.1, 0.15) is 8.07 Å². The molecule has 0 heterocycles. The van der Waals surface area contributed by atoms with Crippen molar-refractivity contribution in [3.63, 3.8) is 0 Å². The third-order valence-corrected chi connectivity index (χ3v) is 11.3. The van der Waals surface area contributed by atoms with Crippen molar-refractivity contribution in [1.29, 1.82) is 0 Å². The van der Waals surface area contributed by atoms with Gasteiger partial charge in [0.2, 0.25) is 0 Å². The molecule has 0 aromatic rings. The van der Waals surface area contributed by atoms with E-state index in [0.717, 1.165) is 6.42 Å². The molecule has 0 saturated heterocycles. The van der Waals surface area contributed by atoms with Crippen LogP contribution in [0.2, 0.25) is 16.6 Å². The Labute approximate surface area is 135 Å². The lowest BCUT2D eigenvalue weighted by Crippen LogP contribution is -2.44. The summed E-state index contributed by atoms with van der Waals surface area (Å²) in [6.07, 6.45) is 1.07. The van der Waals surface area contributed by atoms with Gasteiger partial charge in [0, 0.05) is 11.0 Å². The first-order valence-corrected chi connectivity index (χ1v) is 10.8. The zero-order chi connectivity index (χ0) is 17.1. The third kappa shape index (κ3) is 5.46. The Morgan fingerprint density at radius 3 is 1.52 bits per heavy atom. The lowest BCUT2D eigenvalue weighted by atomic mass is 9.81. The van der Waals surface area contributed by atoms with Crippen molar-refractivity contribution in [2.24, 2.45) is 5.41 Å². The standard InChI is InChI=1S/C19H39NSi/c1-15(2)21(16(3)4,17(5)6)13-12-18(7,8)14-19(9,10)20-11/h15-17,20H,14H2,1-11H3. The summed E-state index contributed by atoms with van der Waals surface area (Å²) in [5, 5.41) is 3.41. The normalized spacial score (nSPS) is 13.8. The first-order chi connectivity index (χ1) is 9.31. The lowest BCUT2D eigenvalue weighted by molar-refractivity contribution is 0.292. The quantitative estimate of drug-likeness (QED) is 0.496.